The van der Waals surface area contributed by atoms with E-state index >= 15 is 0 Å². The smallest absolute Gasteiger partial charge is 0.243 e. The van der Waals surface area contributed by atoms with Crippen LogP contribution in [-0.2, 0) is 9.53 Å². The van der Waals surface area contributed by atoms with Crippen LogP contribution in [0.2, 0.25) is 0 Å². The van der Waals surface area contributed by atoms with E-state index < -0.39 is 0 Å². The van der Waals surface area contributed by atoms with Crippen molar-refractivity contribution >= 4 is 23.6 Å². The molecule has 1 aliphatic heterocycles. The van der Waals surface area contributed by atoms with Crippen LogP contribution in [0.5, 0.6) is 0 Å². The molecule has 0 aliphatic carbocycles. The highest BCUT2D eigenvalue weighted by atomic mass is 32.2. The van der Waals surface area contributed by atoms with Gasteiger partial charge in [0, 0.05) is 39.7 Å². The van der Waals surface area contributed by atoms with E-state index in [9.17, 15) is 4.79 Å². The number of guanidine groups is 1. The van der Waals surface area contributed by atoms with Crippen LogP contribution < -0.4 is 10.6 Å². The van der Waals surface area contributed by atoms with Crippen LogP contribution >= 0.6 is 11.8 Å². The summed E-state index contributed by atoms with van der Waals surface area (Å²) in [5, 5.41) is 6.70. The summed E-state index contributed by atoms with van der Waals surface area (Å²) in [4.78, 5) is 17.7. The molecule has 0 spiro atoms. The van der Waals surface area contributed by atoms with Crippen molar-refractivity contribution in [2.75, 3.05) is 59.0 Å². The average molecular weight is 359 g/mol. The van der Waals surface area contributed by atoms with E-state index in [1.54, 1.807) is 19.0 Å². The monoisotopic (exact) mass is 358 g/mol. The van der Waals surface area contributed by atoms with Gasteiger partial charge in [-0.2, -0.15) is 11.8 Å². The van der Waals surface area contributed by atoms with E-state index in [-0.39, 0.29) is 12.5 Å². The first-order valence-electron chi connectivity index (χ1n) is 8.92. The lowest BCUT2D eigenvalue weighted by atomic mass is 10.1. The normalized spacial score (nSPS) is 17.8. The van der Waals surface area contributed by atoms with Gasteiger partial charge >= 0.3 is 0 Å². The number of hydrogen-bond acceptors (Lipinski definition) is 4. The van der Waals surface area contributed by atoms with Gasteiger partial charge in [-0.3, -0.25) is 4.79 Å². The Labute approximate surface area is 151 Å². The number of nitrogens with zero attached hydrogens (tertiary/aromatic N) is 2. The summed E-state index contributed by atoms with van der Waals surface area (Å²) in [5.41, 5.74) is 0. The fourth-order valence-electron chi connectivity index (χ4n) is 2.38. The fourth-order valence-corrected chi connectivity index (χ4v) is 2.87. The maximum Gasteiger partial charge on any atom is 0.243 e. The van der Waals surface area contributed by atoms with E-state index in [0.29, 0.717) is 5.92 Å². The number of rotatable bonds is 11. The second-order valence-electron chi connectivity index (χ2n) is 6.40. The van der Waals surface area contributed by atoms with Gasteiger partial charge in [0.1, 0.15) is 6.54 Å². The number of nitrogens with one attached hydrogen (secondary N) is 2. The molecule has 0 saturated carbocycles. The zero-order valence-corrected chi connectivity index (χ0v) is 16.3. The molecule has 1 atom stereocenters. The van der Waals surface area contributed by atoms with Crippen LogP contribution in [0.4, 0.5) is 0 Å². The van der Waals surface area contributed by atoms with E-state index in [1.165, 1.54) is 25.0 Å². The molecule has 0 radical (unpaired) electrons. The van der Waals surface area contributed by atoms with Crippen molar-refractivity contribution in [1.82, 2.24) is 15.5 Å². The van der Waals surface area contributed by atoms with Crippen molar-refractivity contribution in [3.05, 3.63) is 0 Å². The van der Waals surface area contributed by atoms with Gasteiger partial charge in [0.15, 0.2) is 5.96 Å². The number of carbonyl (C=O) groups excluding carboxylic acids is 1. The second-order valence-corrected chi connectivity index (χ2v) is 7.38. The summed E-state index contributed by atoms with van der Waals surface area (Å²) >= 11 is 1.91. The van der Waals surface area contributed by atoms with E-state index in [4.69, 9.17) is 4.74 Å². The number of likely N-dealkylation sites (N-methyl/N-ethyl adjacent to an activating group) is 1. The molecular formula is C17H34N4O2S. The van der Waals surface area contributed by atoms with Gasteiger partial charge in [0.05, 0.1) is 6.61 Å². The first kappa shape index (κ1) is 21.1. The standard InChI is InChI=1S/C17H34N4O2S/c1-21(2)16(22)13-20-17(19-12-15-8-10-23-14-15)18-9-6-4-5-7-11-24-3/h15H,4-14H2,1-3H3,(H2,18,19,20). The molecule has 1 heterocycles. The summed E-state index contributed by atoms with van der Waals surface area (Å²) < 4.78 is 5.40. The van der Waals surface area contributed by atoms with E-state index in [2.05, 4.69) is 21.9 Å². The van der Waals surface area contributed by atoms with Crippen molar-refractivity contribution in [1.29, 1.82) is 0 Å². The van der Waals surface area contributed by atoms with Gasteiger partial charge in [-0.05, 0) is 31.3 Å². The lowest BCUT2D eigenvalue weighted by molar-refractivity contribution is -0.127. The molecule has 0 bridgehead atoms. The summed E-state index contributed by atoms with van der Waals surface area (Å²) in [7, 11) is 3.51. The van der Waals surface area contributed by atoms with Crippen molar-refractivity contribution in [2.45, 2.75) is 32.1 Å². The largest absolute Gasteiger partial charge is 0.381 e. The minimum Gasteiger partial charge on any atom is -0.381 e. The van der Waals surface area contributed by atoms with Crippen LogP contribution in [0.25, 0.3) is 0 Å². The van der Waals surface area contributed by atoms with Crippen LogP contribution in [0.15, 0.2) is 4.99 Å². The summed E-state index contributed by atoms with van der Waals surface area (Å²) in [6.07, 6.45) is 8.17. The lowest BCUT2D eigenvalue weighted by Gasteiger charge is -2.15. The summed E-state index contributed by atoms with van der Waals surface area (Å²) in [6, 6.07) is 0. The predicted octanol–water partition coefficient (Wildman–Crippen LogP) is 1.57. The third-order valence-corrected chi connectivity index (χ3v) is 4.72. The Kier molecular flexibility index (Phi) is 11.7. The van der Waals surface area contributed by atoms with Gasteiger partial charge in [-0.15, -0.1) is 0 Å². The van der Waals surface area contributed by atoms with Crippen molar-refractivity contribution in [3.8, 4) is 0 Å². The molecule has 1 rings (SSSR count). The van der Waals surface area contributed by atoms with Crippen LogP contribution in [0.1, 0.15) is 32.1 Å². The quantitative estimate of drug-likeness (QED) is 0.333. The average Bonchev–Trinajstić information content (AvgIpc) is 3.08. The number of ether oxygens (including phenoxy) is 1. The SMILES string of the molecule is CSCCCCCCNC(=NCC(=O)N(C)C)NCC1CCOC1. The maximum atomic E-state index is 11.7. The highest BCUT2D eigenvalue weighted by molar-refractivity contribution is 7.98. The Bertz CT molecular complexity index is 372. The molecule has 1 fully saturated rings. The number of aliphatic imine (C=N–C) groups is 1. The molecule has 0 aromatic rings. The van der Waals surface area contributed by atoms with Gasteiger partial charge in [0.2, 0.25) is 5.91 Å². The Hall–Kier alpha value is -0.950. The lowest BCUT2D eigenvalue weighted by Crippen LogP contribution is -2.41. The topological polar surface area (TPSA) is 66.0 Å². The van der Waals surface area contributed by atoms with Crippen molar-refractivity contribution in [2.24, 2.45) is 10.9 Å². The molecule has 0 aromatic heterocycles. The molecule has 140 valence electrons. The van der Waals surface area contributed by atoms with Crippen molar-refractivity contribution < 1.29 is 9.53 Å². The minimum atomic E-state index is 0.0114. The molecule has 6 nitrogen and oxygen atoms in total. The molecular weight excluding hydrogens is 324 g/mol. The predicted molar refractivity (Wildman–Crippen MR) is 103 cm³/mol. The molecule has 1 unspecified atom stereocenters. The van der Waals surface area contributed by atoms with Crippen LogP contribution in [0.3, 0.4) is 0 Å². The Balaban J connectivity index is 2.30. The van der Waals surface area contributed by atoms with E-state index in [1.807, 2.05) is 11.8 Å². The minimum absolute atomic E-state index is 0.0114. The first-order valence-corrected chi connectivity index (χ1v) is 10.3. The molecule has 7 heteroatoms. The molecule has 24 heavy (non-hydrogen) atoms. The number of amides is 1. The highest BCUT2D eigenvalue weighted by Crippen LogP contribution is 2.10. The first-order chi connectivity index (χ1) is 11.6. The Morgan fingerprint density at radius 3 is 2.71 bits per heavy atom. The van der Waals surface area contributed by atoms with E-state index in [0.717, 1.165) is 45.1 Å². The van der Waals surface area contributed by atoms with Gasteiger partial charge in [-0.25, -0.2) is 4.99 Å². The summed E-state index contributed by atoms with van der Waals surface area (Å²) in [6.45, 7) is 3.57. The zero-order chi connectivity index (χ0) is 17.6. The number of unbranched alkanes of at least 4 members (excludes halogenated alkanes) is 3. The highest BCUT2D eigenvalue weighted by Gasteiger charge is 2.15. The van der Waals surface area contributed by atoms with Gasteiger partial charge in [-0.1, -0.05) is 12.8 Å². The maximum absolute atomic E-state index is 11.7. The fraction of sp³-hybridized carbons (Fsp3) is 0.882. The summed E-state index contributed by atoms with van der Waals surface area (Å²) in [5.74, 6) is 2.53. The third-order valence-electron chi connectivity index (χ3n) is 4.02. The Morgan fingerprint density at radius 1 is 1.25 bits per heavy atom. The van der Waals surface area contributed by atoms with Gasteiger partial charge < -0.3 is 20.3 Å². The Morgan fingerprint density at radius 2 is 2.04 bits per heavy atom. The van der Waals surface area contributed by atoms with Crippen LogP contribution in [-0.4, -0.2) is 75.7 Å². The molecule has 1 saturated heterocycles. The molecule has 1 amide bonds. The molecule has 1 aliphatic rings. The number of carbonyl (C=O) groups is 1. The molecule has 2 N–H and O–H groups in total. The van der Waals surface area contributed by atoms with Crippen LogP contribution in [0, 0.1) is 5.92 Å². The third kappa shape index (κ3) is 10.0. The second kappa shape index (κ2) is 13.4. The number of hydrogen-bond donors (Lipinski definition) is 2. The van der Waals surface area contributed by atoms with Crippen molar-refractivity contribution in [3.63, 3.8) is 0 Å². The van der Waals surface area contributed by atoms with Gasteiger partial charge in [0.25, 0.3) is 0 Å². The zero-order valence-electron chi connectivity index (χ0n) is 15.5. The number of thioether (sulfide) groups is 1. The molecule has 0 aromatic carbocycles.